The highest BCUT2D eigenvalue weighted by Crippen LogP contribution is 2.14. The molecule has 4 nitrogen and oxygen atoms in total. The molecule has 0 bridgehead atoms. The third-order valence-corrected chi connectivity index (χ3v) is 2.56. The van der Waals surface area contributed by atoms with E-state index in [1.807, 2.05) is 38.1 Å². The molecule has 4 heteroatoms. The Morgan fingerprint density at radius 2 is 1.80 bits per heavy atom. The summed E-state index contributed by atoms with van der Waals surface area (Å²) in [5.74, 6) is 0.666. The summed E-state index contributed by atoms with van der Waals surface area (Å²) in [7, 11) is 0. The second-order valence-electron chi connectivity index (χ2n) is 3.59. The average molecular weight is 198 g/mol. The van der Waals surface area contributed by atoms with Gasteiger partial charge in [-0.05, 0) is 26.0 Å². The first-order valence-electron chi connectivity index (χ1n) is 4.84. The van der Waals surface area contributed by atoms with E-state index in [-0.39, 0.29) is 0 Å². The molecule has 74 valence electrons. The lowest BCUT2D eigenvalue weighted by atomic mass is 10.3. The Balaban J connectivity index is 2.56. The van der Waals surface area contributed by atoms with E-state index in [0.717, 1.165) is 22.4 Å². The molecule has 0 aliphatic heterocycles. The van der Waals surface area contributed by atoms with Gasteiger partial charge in [0.1, 0.15) is 0 Å². The molecule has 0 unspecified atom stereocenters. The van der Waals surface area contributed by atoms with Gasteiger partial charge in [-0.1, -0.05) is 12.1 Å². The van der Waals surface area contributed by atoms with Crippen LogP contribution < -0.4 is 0 Å². The van der Waals surface area contributed by atoms with Crippen LogP contribution in [0, 0.1) is 13.8 Å². The molecule has 2 heterocycles. The molecule has 2 aromatic heterocycles. The van der Waals surface area contributed by atoms with Crippen molar-refractivity contribution in [3.8, 4) is 0 Å². The van der Waals surface area contributed by atoms with E-state index in [0.29, 0.717) is 5.78 Å². The highest BCUT2D eigenvalue weighted by molar-refractivity contribution is 5.78. The molecule has 0 aliphatic rings. The van der Waals surface area contributed by atoms with Crippen molar-refractivity contribution in [3.05, 3.63) is 35.7 Å². The summed E-state index contributed by atoms with van der Waals surface area (Å²) in [5.41, 5.74) is 3.80. The second-order valence-corrected chi connectivity index (χ2v) is 3.59. The molecule has 0 radical (unpaired) electrons. The highest BCUT2D eigenvalue weighted by atomic mass is 15.3. The number of hydrogen-bond donors (Lipinski definition) is 0. The number of aromatic nitrogens is 4. The van der Waals surface area contributed by atoms with E-state index in [1.54, 1.807) is 4.52 Å². The number of aryl methyl sites for hydroxylation is 2. The van der Waals surface area contributed by atoms with Gasteiger partial charge in [0.2, 0.25) is 0 Å². The van der Waals surface area contributed by atoms with Gasteiger partial charge in [0, 0.05) is 0 Å². The summed E-state index contributed by atoms with van der Waals surface area (Å²) in [5, 5.41) is 4.46. The Morgan fingerprint density at radius 1 is 1.00 bits per heavy atom. The van der Waals surface area contributed by atoms with Crippen LogP contribution in [0.25, 0.3) is 16.8 Å². The molecule has 3 rings (SSSR count). The number of benzene rings is 1. The molecule has 1 aromatic carbocycles. The van der Waals surface area contributed by atoms with Crippen LogP contribution >= 0.6 is 0 Å². The molecule has 3 aromatic rings. The smallest absolute Gasteiger partial charge is 0.215 e. The van der Waals surface area contributed by atoms with Gasteiger partial charge < -0.3 is 0 Å². The van der Waals surface area contributed by atoms with Gasteiger partial charge in [0.05, 0.1) is 22.4 Å². The van der Waals surface area contributed by atoms with E-state index < -0.39 is 0 Å². The van der Waals surface area contributed by atoms with Gasteiger partial charge >= 0.3 is 0 Å². The number of fused-ring (bicyclic) bond motifs is 3. The first-order valence-corrected chi connectivity index (χ1v) is 4.84. The normalized spacial score (nSPS) is 11.3. The van der Waals surface area contributed by atoms with Crippen LogP contribution in [-0.4, -0.2) is 19.6 Å². The first-order chi connectivity index (χ1) is 7.25. The maximum atomic E-state index is 4.46. The molecule has 0 aliphatic carbocycles. The van der Waals surface area contributed by atoms with Crippen LogP contribution in [0.2, 0.25) is 0 Å². The van der Waals surface area contributed by atoms with Crippen molar-refractivity contribution in [2.45, 2.75) is 13.8 Å². The van der Waals surface area contributed by atoms with E-state index in [1.165, 1.54) is 0 Å². The van der Waals surface area contributed by atoms with Gasteiger partial charge in [-0.3, -0.25) is 0 Å². The van der Waals surface area contributed by atoms with E-state index in [2.05, 4.69) is 15.1 Å². The quantitative estimate of drug-likeness (QED) is 0.554. The fourth-order valence-corrected chi connectivity index (χ4v) is 1.62. The standard InChI is InChI=1S/C11H10N4/c1-7-8(2)14-15-10-6-4-3-5-9(10)13-11(15)12-7/h3-6H,1-2H3. The zero-order valence-corrected chi connectivity index (χ0v) is 8.60. The highest BCUT2D eigenvalue weighted by Gasteiger charge is 2.07. The summed E-state index contributed by atoms with van der Waals surface area (Å²) in [6.45, 7) is 3.90. The molecule has 15 heavy (non-hydrogen) atoms. The zero-order chi connectivity index (χ0) is 10.4. The zero-order valence-electron chi connectivity index (χ0n) is 8.60. The molecule has 0 spiro atoms. The van der Waals surface area contributed by atoms with E-state index in [4.69, 9.17) is 0 Å². The Morgan fingerprint density at radius 3 is 2.67 bits per heavy atom. The molecule has 0 saturated carbocycles. The molecular weight excluding hydrogens is 188 g/mol. The van der Waals surface area contributed by atoms with Crippen LogP contribution in [0.5, 0.6) is 0 Å². The molecule has 0 atom stereocenters. The predicted molar refractivity (Wildman–Crippen MR) is 57.8 cm³/mol. The Kier molecular flexibility index (Phi) is 1.54. The van der Waals surface area contributed by atoms with Crippen molar-refractivity contribution in [3.63, 3.8) is 0 Å². The van der Waals surface area contributed by atoms with Gasteiger partial charge in [0.25, 0.3) is 5.78 Å². The predicted octanol–water partition coefficient (Wildman–Crippen LogP) is 1.89. The number of imidazole rings is 1. The van der Waals surface area contributed by atoms with E-state index in [9.17, 15) is 0 Å². The van der Waals surface area contributed by atoms with Gasteiger partial charge in [-0.2, -0.15) is 9.61 Å². The van der Waals surface area contributed by atoms with Crippen molar-refractivity contribution in [2.24, 2.45) is 0 Å². The lowest BCUT2D eigenvalue weighted by Gasteiger charge is -1.98. The maximum absolute atomic E-state index is 4.46. The minimum absolute atomic E-state index is 0.666. The summed E-state index contributed by atoms with van der Waals surface area (Å²) in [6, 6.07) is 7.91. The molecule has 0 amide bonds. The number of nitrogens with zero attached hydrogens (tertiary/aromatic N) is 4. The summed E-state index contributed by atoms with van der Waals surface area (Å²) in [6.07, 6.45) is 0. The second kappa shape index (κ2) is 2.76. The van der Waals surface area contributed by atoms with Crippen LogP contribution in [0.3, 0.4) is 0 Å². The fourth-order valence-electron chi connectivity index (χ4n) is 1.62. The topological polar surface area (TPSA) is 43.1 Å². The molecular formula is C11H10N4. The summed E-state index contributed by atoms with van der Waals surface area (Å²) < 4.78 is 1.79. The molecule has 0 N–H and O–H groups in total. The Bertz CT molecular complexity index is 654. The van der Waals surface area contributed by atoms with Crippen molar-refractivity contribution < 1.29 is 0 Å². The number of rotatable bonds is 0. The maximum Gasteiger partial charge on any atom is 0.252 e. The summed E-state index contributed by atoms with van der Waals surface area (Å²) in [4.78, 5) is 8.81. The van der Waals surface area contributed by atoms with Crippen molar-refractivity contribution >= 4 is 16.8 Å². The van der Waals surface area contributed by atoms with Crippen LogP contribution in [0.1, 0.15) is 11.4 Å². The van der Waals surface area contributed by atoms with Gasteiger partial charge in [-0.15, -0.1) is 0 Å². The van der Waals surface area contributed by atoms with Crippen molar-refractivity contribution in [1.82, 2.24) is 19.6 Å². The third-order valence-electron chi connectivity index (χ3n) is 2.56. The Hall–Kier alpha value is -1.97. The lowest BCUT2D eigenvalue weighted by Crippen LogP contribution is -2.00. The SMILES string of the molecule is Cc1nc2nc3ccccc3n2nc1C. The van der Waals surface area contributed by atoms with E-state index >= 15 is 0 Å². The van der Waals surface area contributed by atoms with Crippen molar-refractivity contribution in [1.29, 1.82) is 0 Å². The minimum Gasteiger partial charge on any atom is -0.215 e. The number of para-hydroxylation sites is 2. The Labute approximate surface area is 86.6 Å². The molecule has 0 fully saturated rings. The molecule has 0 saturated heterocycles. The lowest BCUT2D eigenvalue weighted by molar-refractivity contribution is 0.868. The monoisotopic (exact) mass is 198 g/mol. The largest absolute Gasteiger partial charge is 0.252 e. The third kappa shape index (κ3) is 1.11. The van der Waals surface area contributed by atoms with Crippen LogP contribution in [0.4, 0.5) is 0 Å². The van der Waals surface area contributed by atoms with Crippen molar-refractivity contribution in [2.75, 3.05) is 0 Å². The minimum atomic E-state index is 0.666. The van der Waals surface area contributed by atoms with Crippen LogP contribution in [0.15, 0.2) is 24.3 Å². The average Bonchev–Trinajstić information content (AvgIpc) is 2.57. The summed E-state index contributed by atoms with van der Waals surface area (Å²) >= 11 is 0. The first kappa shape index (κ1) is 8.35. The fraction of sp³-hybridized carbons (Fsp3) is 0.182. The number of hydrogen-bond acceptors (Lipinski definition) is 3. The van der Waals surface area contributed by atoms with Gasteiger partial charge in [0.15, 0.2) is 0 Å². The van der Waals surface area contributed by atoms with Crippen LogP contribution in [-0.2, 0) is 0 Å². The van der Waals surface area contributed by atoms with Gasteiger partial charge in [-0.25, -0.2) is 9.97 Å².